The van der Waals surface area contributed by atoms with Crippen molar-refractivity contribution in [2.24, 2.45) is 0 Å². The van der Waals surface area contributed by atoms with E-state index in [9.17, 15) is 14.0 Å². The van der Waals surface area contributed by atoms with Gasteiger partial charge in [-0.1, -0.05) is 12.1 Å². The molecule has 34 heavy (non-hydrogen) atoms. The summed E-state index contributed by atoms with van der Waals surface area (Å²) in [6.45, 7) is 1.55. The van der Waals surface area contributed by atoms with Crippen molar-refractivity contribution in [3.8, 4) is 0 Å². The van der Waals surface area contributed by atoms with Crippen LogP contribution >= 0.6 is 0 Å². The highest BCUT2D eigenvalue weighted by Crippen LogP contribution is 2.30. The summed E-state index contributed by atoms with van der Waals surface area (Å²) in [5.41, 5.74) is 2.78. The molecule has 0 aliphatic carbocycles. The van der Waals surface area contributed by atoms with Crippen LogP contribution in [0.2, 0.25) is 0 Å². The van der Waals surface area contributed by atoms with E-state index in [-0.39, 0.29) is 24.0 Å². The normalized spacial score (nSPS) is 12.9. The third-order valence-corrected chi connectivity index (χ3v) is 5.39. The van der Waals surface area contributed by atoms with Crippen LogP contribution in [0.5, 0.6) is 0 Å². The number of carbonyl (C=O) groups excluding carboxylic acids is 2. The predicted octanol–water partition coefficient (Wildman–Crippen LogP) is 2.30. The molecule has 0 unspecified atom stereocenters. The number of anilines is 4. The third kappa shape index (κ3) is 5.31. The number of halogens is 1. The number of nitrogens with zero attached hydrogens (tertiary/aromatic N) is 4. The number of amides is 2. The van der Waals surface area contributed by atoms with E-state index in [4.69, 9.17) is 4.74 Å². The number of ether oxygens (including phenoxy) is 1. The van der Waals surface area contributed by atoms with E-state index in [2.05, 4.69) is 26.0 Å². The number of fused-ring (bicyclic) bond motifs is 1. The number of likely N-dealkylation sites (N-methyl/N-ethyl adjacent to an activating group) is 1. The summed E-state index contributed by atoms with van der Waals surface area (Å²) in [5.74, 6) is -0.468. The number of pyridine rings is 1. The molecule has 1 aliphatic heterocycles. The second-order valence-corrected chi connectivity index (χ2v) is 7.89. The zero-order chi connectivity index (χ0) is 24.1. The van der Waals surface area contributed by atoms with Crippen LogP contribution in [0, 0.1) is 5.82 Å². The quantitative estimate of drug-likeness (QED) is 0.414. The van der Waals surface area contributed by atoms with Gasteiger partial charge in [-0.15, -0.1) is 0 Å². The molecule has 0 saturated heterocycles. The van der Waals surface area contributed by atoms with Gasteiger partial charge in [0.05, 0.1) is 41.6 Å². The fourth-order valence-electron chi connectivity index (χ4n) is 3.65. The van der Waals surface area contributed by atoms with Crippen molar-refractivity contribution in [1.29, 1.82) is 0 Å². The van der Waals surface area contributed by atoms with Crippen LogP contribution in [0.15, 0.2) is 42.9 Å². The molecule has 178 valence electrons. The van der Waals surface area contributed by atoms with Gasteiger partial charge in [0.25, 0.3) is 5.91 Å². The summed E-state index contributed by atoms with van der Waals surface area (Å²) in [6, 6.07) is 7.03. The molecular weight excluding hydrogens is 441 g/mol. The van der Waals surface area contributed by atoms with Crippen LogP contribution in [-0.4, -0.2) is 65.3 Å². The Hall–Kier alpha value is -3.99. The minimum Gasteiger partial charge on any atom is -0.383 e. The fraction of sp³-hybridized carbons (Fsp3) is 0.304. The van der Waals surface area contributed by atoms with Crippen LogP contribution in [0.1, 0.15) is 15.9 Å². The molecule has 2 aromatic heterocycles. The molecule has 11 heteroatoms. The molecule has 1 aliphatic rings. The fourth-order valence-corrected chi connectivity index (χ4v) is 3.65. The van der Waals surface area contributed by atoms with Gasteiger partial charge < -0.3 is 25.6 Å². The molecule has 3 aromatic rings. The van der Waals surface area contributed by atoms with Gasteiger partial charge in [-0.05, 0) is 18.1 Å². The summed E-state index contributed by atoms with van der Waals surface area (Å²) in [7, 11) is 3.31. The van der Waals surface area contributed by atoms with Gasteiger partial charge in [-0.3, -0.25) is 14.3 Å². The molecule has 2 amide bonds. The van der Waals surface area contributed by atoms with Crippen molar-refractivity contribution in [1.82, 2.24) is 25.0 Å². The maximum absolute atomic E-state index is 14.6. The first-order valence-electron chi connectivity index (χ1n) is 10.8. The van der Waals surface area contributed by atoms with Gasteiger partial charge in [0.1, 0.15) is 12.4 Å². The number of methoxy groups -OCH3 is 1. The molecular formula is C23H26FN7O3. The topological polar surface area (TPSA) is 113 Å². The summed E-state index contributed by atoms with van der Waals surface area (Å²) in [6.07, 6.45) is 5.04. The van der Waals surface area contributed by atoms with Crippen molar-refractivity contribution in [3.63, 3.8) is 0 Å². The van der Waals surface area contributed by atoms with E-state index in [0.29, 0.717) is 42.5 Å². The first-order valence-corrected chi connectivity index (χ1v) is 10.8. The molecule has 0 atom stereocenters. The van der Waals surface area contributed by atoms with Crippen molar-refractivity contribution >= 4 is 34.7 Å². The Balaban J connectivity index is 1.47. The van der Waals surface area contributed by atoms with Gasteiger partial charge in [0.2, 0.25) is 5.91 Å². The van der Waals surface area contributed by atoms with Crippen molar-refractivity contribution in [3.05, 3.63) is 59.8 Å². The number of nitrogens with one attached hydrogen (secondary N) is 3. The Kier molecular flexibility index (Phi) is 7.02. The van der Waals surface area contributed by atoms with E-state index in [1.807, 2.05) is 12.1 Å². The number of rotatable bonds is 9. The van der Waals surface area contributed by atoms with E-state index >= 15 is 0 Å². The van der Waals surface area contributed by atoms with Crippen LogP contribution < -0.4 is 16.0 Å². The van der Waals surface area contributed by atoms with Gasteiger partial charge in [0.15, 0.2) is 5.82 Å². The maximum atomic E-state index is 14.6. The molecule has 0 saturated carbocycles. The standard InChI is InChI=1S/C23H26FN7O3/c1-30-8-6-15-4-3-5-18(22(15)23(30)33)29-19-10-20(26-12-17(19)24)28-16-11-27-31(13-16)14-21(32)25-7-9-34-2/h3-5,10-13H,6-9,14H2,1-2H3,(H,25,32)(H2,26,28,29). The second kappa shape index (κ2) is 10.3. The Morgan fingerprint density at radius 1 is 1.24 bits per heavy atom. The summed E-state index contributed by atoms with van der Waals surface area (Å²) < 4.78 is 20.9. The van der Waals surface area contributed by atoms with Crippen LogP contribution in [-0.2, 0) is 22.5 Å². The van der Waals surface area contributed by atoms with E-state index < -0.39 is 5.82 Å². The Morgan fingerprint density at radius 3 is 2.91 bits per heavy atom. The lowest BCUT2D eigenvalue weighted by atomic mass is 9.97. The van der Waals surface area contributed by atoms with Crippen molar-refractivity contribution < 1.29 is 18.7 Å². The van der Waals surface area contributed by atoms with E-state index in [0.717, 1.165) is 18.2 Å². The third-order valence-electron chi connectivity index (χ3n) is 5.39. The number of hydrogen-bond acceptors (Lipinski definition) is 7. The number of aromatic nitrogens is 3. The lowest BCUT2D eigenvalue weighted by Gasteiger charge is -2.27. The highest BCUT2D eigenvalue weighted by molar-refractivity contribution is 6.02. The maximum Gasteiger partial charge on any atom is 0.255 e. The number of benzene rings is 1. The molecule has 1 aromatic carbocycles. The van der Waals surface area contributed by atoms with Gasteiger partial charge in [0, 0.05) is 39.5 Å². The Bertz CT molecular complexity index is 1200. The van der Waals surface area contributed by atoms with Crippen molar-refractivity contribution in [2.45, 2.75) is 13.0 Å². The zero-order valence-electron chi connectivity index (χ0n) is 19.0. The van der Waals surface area contributed by atoms with Crippen LogP contribution in [0.4, 0.5) is 27.3 Å². The summed E-state index contributed by atoms with van der Waals surface area (Å²) in [4.78, 5) is 30.3. The van der Waals surface area contributed by atoms with Gasteiger partial charge in [-0.2, -0.15) is 5.10 Å². The highest BCUT2D eigenvalue weighted by atomic mass is 19.1. The average molecular weight is 468 g/mol. The van der Waals surface area contributed by atoms with E-state index in [1.165, 1.54) is 10.7 Å². The predicted molar refractivity (Wildman–Crippen MR) is 125 cm³/mol. The molecule has 3 N–H and O–H groups in total. The number of carbonyl (C=O) groups is 2. The van der Waals surface area contributed by atoms with Gasteiger partial charge in [-0.25, -0.2) is 9.37 Å². The molecule has 10 nitrogen and oxygen atoms in total. The first kappa shape index (κ1) is 23.2. The van der Waals surface area contributed by atoms with Crippen LogP contribution in [0.3, 0.4) is 0 Å². The number of hydrogen-bond donors (Lipinski definition) is 3. The Labute approximate surface area is 196 Å². The lowest BCUT2D eigenvalue weighted by molar-refractivity contribution is -0.122. The Morgan fingerprint density at radius 2 is 2.09 bits per heavy atom. The summed E-state index contributed by atoms with van der Waals surface area (Å²) in [5, 5.41) is 13.0. The minimum absolute atomic E-state index is 0.0522. The minimum atomic E-state index is -0.553. The molecule has 0 fully saturated rings. The van der Waals surface area contributed by atoms with Crippen LogP contribution in [0.25, 0.3) is 0 Å². The first-order chi connectivity index (χ1) is 16.4. The van der Waals surface area contributed by atoms with E-state index in [1.54, 1.807) is 37.5 Å². The molecule has 4 rings (SSSR count). The highest BCUT2D eigenvalue weighted by Gasteiger charge is 2.25. The average Bonchev–Trinajstić information content (AvgIpc) is 3.25. The molecule has 0 radical (unpaired) electrons. The summed E-state index contributed by atoms with van der Waals surface area (Å²) >= 11 is 0. The van der Waals surface area contributed by atoms with Crippen molar-refractivity contribution in [2.75, 3.05) is 44.5 Å². The zero-order valence-corrected chi connectivity index (χ0v) is 19.0. The second-order valence-electron chi connectivity index (χ2n) is 7.89. The molecule has 0 bridgehead atoms. The monoisotopic (exact) mass is 467 g/mol. The van der Waals surface area contributed by atoms with Gasteiger partial charge >= 0.3 is 0 Å². The smallest absolute Gasteiger partial charge is 0.255 e. The largest absolute Gasteiger partial charge is 0.383 e. The molecule has 3 heterocycles. The SMILES string of the molecule is COCCNC(=O)Cn1cc(Nc2cc(Nc3cccc4c3C(=O)N(C)CC4)c(F)cn2)cn1. The lowest BCUT2D eigenvalue weighted by Crippen LogP contribution is -2.34. The molecule has 0 spiro atoms.